The van der Waals surface area contributed by atoms with Gasteiger partial charge in [0, 0.05) is 49.8 Å². The Morgan fingerprint density at radius 1 is 1.17 bits per heavy atom. The Morgan fingerprint density at radius 2 is 1.88 bits per heavy atom. The standard InChI is InChI=1S/C32H39N7O3/c1-21(6-11-28-22(2)31(32(35)41)23(3)37-29(28)17-33)38-15-12-26(13-16-38)39(19-24-5-4-14-36-18-24)25-7-9-27(10-8-25)42-20-30(34)40/h4-5,7-10,14,18,21,26H,6,11-13,15-16,19-20H2,1-3H3,(H2,34,40)(H2,35,41)/t21-/m1/s1. The van der Waals surface area contributed by atoms with Crippen LogP contribution >= 0.6 is 0 Å². The van der Waals surface area contributed by atoms with Crippen molar-refractivity contribution in [3.63, 3.8) is 0 Å². The van der Waals surface area contributed by atoms with Crippen LogP contribution in [0.2, 0.25) is 0 Å². The number of nitrogens with zero attached hydrogens (tertiary/aromatic N) is 5. The van der Waals surface area contributed by atoms with Gasteiger partial charge in [0.25, 0.3) is 11.8 Å². The van der Waals surface area contributed by atoms with Crippen molar-refractivity contribution in [2.75, 3.05) is 24.6 Å². The van der Waals surface area contributed by atoms with E-state index in [1.165, 1.54) is 0 Å². The second-order valence-corrected chi connectivity index (χ2v) is 10.9. The smallest absolute Gasteiger partial charge is 0.255 e. The molecule has 2 amide bonds. The minimum absolute atomic E-state index is 0.153. The molecule has 0 radical (unpaired) electrons. The summed E-state index contributed by atoms with van der Waals surface area (Å²) in [5, 5.41) is 9.68. The molecular weight excluding hydrogens is 530 g/mol. The van der Waals surface area contributed by atoms with E-state index in [2.05, 4.69) is 38.8 Å². The van der Waals surface area contributed by atoms with Gasteiger partial charge in [-0.15, -0.1) is 0 Å². The molecule has 1 fully saturated rings. The van der Waals surface area contributed by atoms with Crippen molar-refractivity contribution in [1.29, 1.82) is 5.26 Å². The van der Waals surface area contributed by atoms with Gasteiger partial charge in [0.15, 0.2) is 6.61 Å². The lowest BCUT2D eigenvalue weighted by molar-refractivity contribution is -0.119. The van der Waals surface area contributed by atoms with Crippen LogP contribution in [0.3, 0.4) is 0 Å². The van der Waals surface area contributed by atoms with Gasteiger partial charge in [-0.3, -0.25) is 14.6 Å². The number of nitrogens with two attached hydrogens (primary N) is 2. The number of rotatable bonds is 12. The third-order valence-electron chi connectivity index (χ3n) is 8.11. The molecule has 0 spiro atoms. The van der Waals surface area contributed by atoms with Crippen LogP contribution in [0.4, 0.5) is 5.69 Å². The van der Waals surface area contributed by atoms with Crippen LogP contribution in [-0.2, 0) is 17.8 Å². The summed E-state index contributed by atoms with van der Waals surface area (Å²) in [6.07, 6.45) is 7.16. The molecule has 0 unspecified atom stereocenters. The first-order valence-corrected chi connectivity index (χ1v) is 14.3. The SMILES string of the molecule is Cc1nc(C#N)c(CC[C@@H](C)N2CCC(N(Cc3cccnc3)c3ccc(OCC(N)=O)cc3)CC2)c(C)c1C(N)=O. The van der Waals surface area contributed by atoms with Gasteiger partial charge in [-0.05, 0) is 93.5 Å². The van der Waals surface area contributed by atoms with Crippen molar-refractivity contribution >= 4 is 17.5 Å². The molecular formula is C32H39N7O3. The summed E-state index contributed by atoms with van der Waals surface area (Å²) in [5.41, 5.74) is 15.9. The normalized spacial score (nSPS) is 14.6. The van der Waals surface area contributed by atoms with Crippen molar-refractivity contribution in [3.8, 4) is 11.8 Å². The van der Waals surface area contributed by atoms with Crippen molar-refractivity contribution in [3.05, 3.63) is 82.4 Å². The number of hydrogen-bond acceptors (Lipinski definition) is 8. The van der Waals surface area contributed by atoms with Gasteiger partial charge in [0.05, 0.1) is 11.3 Å². The number of hydrogen-bond donors (Lipinski definition) is 2. The predicted molar refractivity (Wildman–Crippen MR) is 161 cm³/mol. The lowest BCUT2D eigenvalue weighted by Crippen LogP contribution is -2.47. The first-order chi connectivity index (χ1) is 20.2. The summed E-state index contributed by atoms with van der Waals surface area (Å²) in [6, 6.07) is 14.6. The largest absolute Gasteiger partial charge is 0.484 e. The Bertz CT molecular complexity index is 1430. The molecule has 0 saturated carbocycles. The molecule has 1 aliphatic heterocycles. The third-order valence-corrected chi connectivity index (χ3v) is 8.11. The maximum Gasteiger partial charge on any atom is 0.255 e. The zero-order valence-electron chi connectivity index (χ0n) is 24.5. The Morgan fingerprint density at radius 3 is 2.48 bits per heavy atom. The molecule has 0 bridgehead atoms. The molecule has 4 rings (SSSR count). The van der Waals surface area contributed by atoms with Crippen LogP contribution in [0.1, 0.15) is 64.6 Å². The fourth-order valence-electron chi connectivity index (χ4n) is 5.83. The van der Waals surface area contributed by atoms with E-state index < -0.39 is 11.8 Å². The molecule has 1 atom stereocenters. The number of anilines is 1. The van der Waals surface area contributed by atoms with E-state index in [9.17, 15) is 14.9 Å². The number of carbonyl (C=O) groups excluding carboxylic acids is 2. The summed E-state index contributed by atoms with van der Waals surface area (Å²) in [4.78, 5) is 36.7. The number of primary amides is 2. The van der Waals surface area contributed by atoms with Crippen LogP contribution in [-0.4, -0.2) is 58.5 Å². The lowest BCUT2D eigenvalue weighted by atomic mass is 9.93. The topological polar surface area (TPSA) is 151 Å². The number of pyridine rings is 2. The van der Waals surface area contributed by atoms with Crippen molar-refractivity contribution in [2.45, 2.75) is 65.1 Å². The van der Waals surface area contributed by atoms with Gasteiger partial charge in [-0.25, -0.2) is 4.98 Å². The summed E-state index contributed by atoms with van der Waals surface area (Å²) in [7, 11) is 0. The van der Waals surface area contributed by atoms with Gasteiger partial charge < -0.3 is 26.0 Å². The van der Waals surface area contributed by atoms with Crippen LogP contribution < -0.4 is 21.1 Å². The van der Waals surface area contributed by atoms with Crippen LogP contribution in [0, 0.1) is 25.2 Å². The van der Waals surface area contributed by atoms with Crippen LogP contribution in [0.15, 0.2) is 48.8 Å². The number of carbonyl (C=O) groups is 2. The Hall–Kier alpha value is -4.49. The zero-order valence-corrected chi connectivity index (χ0v) is 24.5. The summed E-state index contributed by atoms with van der Waals surface area (Å²) < 4.78 is 5.45. The molecule has 220 valence electrons. The zero-order chi connectivity index (χ0) is 30.2. The van der Waals surface area contributed by atoms with E-state index in [0.717, 1.165) is 61.3 Å². The second-order valence-electron chi connectivity index (χ2n) is 10.9. The number of likely N-dealkylation sites (tertiary alicyclic amines) is 1. The molecule has 3 aromatic rings. The molecule has 2 aromatic heterocycles. The molecule has 10 nitrogen and oxygen atoms in total. The number of aromatic nitrogens is 2. The summed E-state index contributed by atoms with van der Waals surface area (Å²) in [5.74, 6) is -0.420. The van der Waals surface area contributed by atoms with Crippen molar-refractivity contribution in [1.82, 2.24) is 14.9 Å². The average Bonchev–Trinajstić information content (AvgIpc) is 2.98. The number of amides is 2. The predicted octanol–water partition coefficient (Wildman–Crippen LogP) is 3.42. The highest BCUT2D eigenvalue weighted by Gasteiger charge is 2.28. The Balaban J connectivity index is 1.43. The van der Waals surface area contributed by atoms with E-state index in [1.54, 1.807) is 13.1 Å². The van der Waals surface area contributed by atoms with Crippen molar-refractivity contribution in [2.24, 2.45) is 11.5 Å². The first kappa shape index (κ1) is 30.5. The molecule has 1 aromatic carbocycles. The first-order valence-electron chi connectivity index (χ1n) is 14.3. The number of aryl methyl sites for hydroxylation is 1. The Labute approximate surface area is 247 Å². The van der Waals surface area contributed by atoms with Gasteiger partial charge in [0.1, 0.15) is 17.5 Å². The third kappa shape index (κ3) is 7.42. The number of ether oxygens (including phenoxy) is 1. The van der Waals surface area contributed by atoms with Crippen LogP contribution in [0.5, 0.6) is 5.75 Å². The van der Waals surface area contributed by atoms with Crippen molar-refractivity contribution < 1.29 is 14.3 Å². The fourth-order valence-corrected chi connectivity index (χ4v) is 5.83. The number of benzene rings is 1. The fraction of sp³-hybridized carbons (Fsp3) is 0.406. The monoisotopic (exact) mass is 569 g/mol. The minimum Gasteiger partial charge on any atom is -0.484 e. The van der Waals surface area contributed by atoms with Crippen LogP contribution in [0.25, 0.3) is 0 Å². The molecule has 1 saturated heterocycles. The van der Waals surface area contributed by atoms with Gasteiger partial charge >= 0.3 is 0 Å². The minimum atomic E-state index is -0.512. The molecule has 42 heavy (non-hydrogen) atoms. The number of nitriles is 1. The van der Waals surface area contributed by atoms with E-state index in [0.29, 0.717) is 41.2 Å². The molecule has 10 heteroatoms. The van der Waals surface area contributed by atoms with E-state index in [4.69, 9.17) is 16.2 Å². The molecule has 4 N–H and O–H groups in total. The van der Waals surface area contributed by atoms with E-state index in [1.807, 2.05) is 43.5 Å². The van der Waals surface area contributed by atoms with E-state index >= 15 is 0 Å². The molecule has 1 aliphatic rings. The molecule has 3 heterocycles. The number of piperidine rings is 1. The maximum absolute atomic E-state index is 12.0. The highest BCUT2D eigenvalue weighted by Crippen LogP contribution is 2.29. The summed E-state index contributed by atoms with van der Waals surface area (Å²) in [6.45, 7) is 8.25. The van der Waals surface area contributed by atoms with Gasteiger partial charge in [-0.2, -0.15) is 5.26 Å². The highest BCUT2D eigenvalue weighted by molar-refractivity contribution is 5.95. The quantitative estimate of drug-likeness (QED) is 0.337. The average molecular weight is 570 g/mol. The highest BCUT2D eigenvalue weighted by atomic mass is 16.5. The summed E-state index contributed by atoms with van der Waals surface area (Å²) >= 11 is 0. The van der Waals surface area contributed by atoms with E-state index in [-0.39, 0.29) is 6.61 Å². The lowest BCUT2D eigenvalue weighted by Gasteiger charge is -2.42. The second kappa shape index (κ2) is 13.9. The van der Waals surface area contributed by atoms with Gasteiger partial charge in [0.2, 0.25) is 0 Å². The Kier molecular flexibility index (Phi) is 10.1. The van der Waals surface area contributed by atoms with Gasteiger partial charge in [-0.1, -0.05) is 6.07 Å². The molecule has 0 aliphatic carbocycles. The maximum atomic E-state index is 12.0.